The Balaban J connectivity index is 1.38. The quantitative estimate of drug-likeness (QED) is 0.505. The monoisotopic (exact) mass is 399 g/mol. The Labute approximate surface area is 174 Å². The number of amides is 2. The molecule has 2 amide bonds. The molecule has 3 aromatic rings. The van der Waals surface area contributed by atoms with Gasteiger partial charge < -0.3 is 10.2 Å². The van der Waals surface area contributed by atoms with Crippen molar-refractivity contribution in [2.24, 2.45) is 10.2 Å². The Morgan fingerprint density at radius 2 is 1.57 bits per heavy atom. The van der Waals surface area contributed by atoms with Gasteiger partial charge >= 0.3 is 11.8 Å². The summed E-state index contributed by atoms with van der Waals surface area (Å²) in [5, 5.41) is 11.0. The molecular weight excluding hydrogens is 378 g/mol. The maximum atomic E-state index is 12.7. The molecule has 1 aliphatic rings. The summed E-state index contributed by atoms with van der Waals surface area (Å²) < 4.78 is 0. The van der Waals surface area contributed by atoms with Crippen LogP contribution in [-0.4, -0.2) is 28.2 Å². The molecule has 4 rings (SSSR count). The minimum Gasteiger partial charge on any atom is -0.327 e. The van der Waals surface area contributed by atoms with Crippen molar-refractivity contribution in [1.29, 1.82) is 0 Å². The maximum Gasteiger partial charge on any atom is 0.313 e. The normalized spacial score (nSPS) is 16.0. The molecule has 0 radical (unpaired) electrons. The zero-order valence-corrected chi connectivity index (χ0v) is 16.3. The molecular formula is C23H21N5O2. The van der Waals surface area contributed by atoms with Crippen LogP contribution in [0.4, 0.5) is 17.1 Å². The number of hydrogen-bond donors (Lipinski definition) is 1. The van der Waals surface area contributed by atoms with Crippen molar-refractivity contribution in [2.75, 3.05) is 11.9 Å². The van der Waals surface area contributed by atoms with Crippen LogP contribution in [0.15, 0.2) is 89.4 Å². The molecule has 30 heavy (non-hydrogen) atoms. The van der Waals surface area contributed by atoms with E-state index in [0.717, 1.165) is 24.1 Å². The van der Waals surface area contributed by atoms with Crippen LogP contribution in [0.1, 0.15) is 24.4 Å². The number of azo groups is 1. The zero-order chi connectivity index (χ0) is 20.8. The molecule has 1 N–H and O–H groups in total. The molecule has 0 saturated carbocycles. The third-order valence-electron chi connectivity index (χ3n) is 4.96. The first-order chi connectivity index (χ1) is 14.7. The summed E-state index contributed by atoms with van der Waals surface area (Å²) in [6.45, 7) is 0.568. The molecule has 0 spiro atoms. The van der Waals surface area contributed by atoms with Crippen molar-refractivity contribution in [3.63, 3.8) is 0 Å². The number of aromatic nitrogens is 1. The van der Waals surface area contributed by atoms with Crippen molar-refractivity contribution < 1.29 is 9.59 Å². The number of carbonyl (C=O) groups excluding carboxylic acids is 2. The Bertz CT molecular complexity index is 1040. The molecule has 1 aromatic heterocycles. The van der Waals surface area contributed by atoms with E-state index in [1.54, 1.807) is 41.6 Å². The van der Waals surface area contributed by atoms with E-state index in [4.69, 9.17) is 0 Å². The SMILES string of the molecule is O=C(Nc1ccc(N=Nc2ccccc2)cc1)C(=O)N1CCCC1c1ccncc1. The van der Waals surface area contributed by atoms with Crippen molar-refractivity contribution in [2.45, 2.75) is 18.9 Å². The van der Waals surface area contributed by atoms with Crippen molar-refractivity contribution >= 4 is 28.9 Å². The fourth-order valence-corrected chi connectivity index (χ4v) is 3.48. The van der Waals surface area contributed by atoms with Crippen LogP contribution in [0, 0.1) is 0 Å². The van der Waals surface area contributed by atoms with Gasteiger partial charge in [0, 0.05) is 24.6 Å². The predicted octanol–water partition coefficient (Wildman–Crippen LogP) is 4.80. The summed E-state index contributed by atoms with van der Waals surface area (Å²) >= 11 is 0. The molecule has 1 unspecified atom stereocenters. The van der Waals surface area contributed by atoms with Gasteiger partial charge in [0.15, 0.2) is 0 Å². The standard InChI is InChI=1S/C23H21N5O2/c29-22(23(30)28-16-4-7-21(28)17-12-14-24-15-13-17)25-18-8-10-20(11-9-18)27-26-19-5-2-1-3-6-19/h1-3,5-6,8-15,21H,4,7,16H2,(H,25,29). The first kappa shape index (κ1) is 19.4. The number of rotatable bonds is 4. The second-order valence-electron chi connectivity index (χ2n) is 6.97. The largest absolute Gasteiger partial charge is 0.327 e. The molecule has 2 heterocycles. The smallest absolute Gasteiger partial charge is 0.313 e. The maximum absolute atomic E-state index is 12.7. The molecule has 2 aromatic carbocycles. The first-order valence-corrected chi connectivity index (χ1v) is 9.79. The van der Waals surface area contributed by atoms with Gasteiger partial charge in [0.1, 0.15) is 0 Å². The van der Waals surface area contributed by atoms with E-state index in [0.29, 0.717) is 17.9 Å². The van der Waals surface area contributed by atoms with E-state index < -0.39 is 11.8 Å². The van der Waals surface area contributed by atoms with Crippen LogP contribution >= 0.6 is 0 Å². The molecule has 1 saturated heterocycles. The van der Waals surface area contributed by atoms with Crippen molar-refractivity contribution in [1.82, 2.24) is 9.88 Å². The summed E-state index contributed by atoms with van der Waals surface area (Å²) in [4.78, 5) is 30.9. The number of pyridine rings is 1. The van der Waals surface area contributed by atoms with Crippen LogP contribution in [0.3, 0.4) is 0 Å². The summed E-state index contributed by atoms with van der Waals surface area (Å²) in [5.74, 6) is -1.17. The van der Waals surface area contributed by atoms with Crippen LogP contribution in [-0.2, 0) is 9.59 Å². The van der Waals surface area contributed by atoms with E-state index in [1.807, 2.05) is 42.5 Å². The highest BCUT2D eigenvalue weighted by molar-refractivity contribution is 6.39. The van der Waals surface area contributed by atoms with Gasteiger partial charge in [-0.3, -0.25) is 14.6 Å². The Morgan fingerprint density at radius 3 is 2.27 bits per heavy atom. The van der Waals surface area contributed by atoms with Gasteiger partial charge in [-0.2, -0.15) is 10.2 Å². The lowest BCUT2D eigenvalue weighted by molar-refractivity contribution is -0.143. The summed E-state index contributed by atoms with van der Waals surface area (Å²) in [5.41, 5.74) is 2.94. The lowest BCUT2D eigenvalue weighted by Gasteiger charge is -2.24. The number of nitrogens with zero attached hydrogens (tertiary/aromatic N) is 4. The molecule has 7 heteroatoms. The molecule has 0 bridgehead atoms. The van der Waals surface area contributed by atoms with Gasteiger partial charge in [-0.25, -0.2) is 0 Å². The lowest BCUT2D eigenvalue weighted by Crippen LogP contribution is -2.39. The average Bonchev–Trinajstić information content (AvgIpc) is 3.29. The predicted molar refractivity (Wildman–Crippen MR) is 114 cm³/mol. The average molecular weight is 399 g/mol. The number of benzene rings is 2. The highest BCUT2D eigenvalue weighted by Gasteiger charge is 2.33. The molecule has 1 aliphatic heterocycles. The highest BCUT2D eigenvalue weighted by atomic mass is 16.2. The number of nitrogens with one attached hydrogen (secondary N) is 1. The van der Waals surface area contributed by atoms with Crippen molar-refractivity contribution in [3.8, 4) is 0 Å². The Hall–Kier alpha value is -3.87. The number of carbonyl (C=O) groups is 2. The van der Waals surface area contributed by atoms with Crippen LogP contribution in [0.2, 0.25) is 0 Å². The molecule has 150 valence electrons. The van der Waals surface area contributed by atoms with Crippen LogP contribution < -0.4 is 5.32 Å². The highest BCUT2D eigenvalue weighted by Crippen LogP contribution is 2.31. The minimum absolute atomic E-state index is 0.0907. The summed E-state index contributed by atoms with van der Waals surface area (Å²) in [6, 6.07) is 20.0. The number of anilines is 1. The van der Waals surface area contributed by atoms with E-state index in [9.17, 15) is 9.59 Å². The van der Waals surface area contributed by atoms with E-state index in [-0.39, 0.29) is 6.04 Å². The Morgan fingerprint density at radius 1 is 0.900 bits per heavy atom. The fraction of sp³-hybridized carbons (Fsp3) is 0.174. The third kappa shape index (κ3) is 4.57. The van der Waals surface area contributed by atoms with Gasteiger partial charge in [-0.15, -0.1) is 0 Å². The summed E-state index contributed by atoms with van der Waals surface area (Å²) in [7, 11) is 0. The van der Waals surface area contributed by atoms with Crippen LogP contribution in [0.25, 0.3) is 0 Å². The van der Waals surface area contributed by atoms with E-state index in [2.05, 4.69) is 20.5 Å². The molecule has 1 atom stereocenters. The first-order valence-electron chi connectivity index (χ1n) is 9.79. The summed E-state index contributed by atoms with van der Waals surface area (Å²) in [6.07, 6.45) is 5.11. The second-order valence-corrected chi connectivity index (χ2v) is 6.97. The van der Waals surface area contributed by atoms with Gasteiger partial charge in [0.2, 0.25) is 0 Å². The van der Waals surface area contributed by atoms with Gasteiger partial charge in [-0.1, -0.05) is 18.2 Å². The third-order valence-corrected chi connectivity index (χ3v) is 4.96. The fourth-order valence-electron chi connectivity index (χ4n) is 3.48. The van der Waals surface area contributed by atoms with Gasteiger partial charge in [0.25, 0.3) is 0 Å². The molecule has 1 fully saturated rings. The Kier molecular flexibility index (Phi) is 5.89. The molecule has 7 nitrogen and oxygen atoms in total. The second kappa shape index (κ2) is 9.09. The number of likely N-dealkylation sites (tertiary alicyclic amines) is 1. The van der Waals surface area contributed by atoms with Gasteiger partial charge in [0.05, 0.1) is 17.4 Å². The van der Waals surface area contributed by atoms with E-state index in [1.165, 1.54) is 0 Å². The topological polar surface area (TPSA) is 87.0 Å². The van der Waals surface area contributed by atoms with Crippen LogP contribution in [0.5, 0.6) is 0 Å². The number of hydrogen-bond acceptors (Lipinski definition) is 5. The van der Waals surface area contributed by atoms with Crippen molar-refractivity contribution in [3.05, 3.63) is 84.7 Å². The molecule has 0 aliphatic carbocycles. The zero-order valence-electron chi connectivity index (χ0n) is 16.3. The lowest BCUT2D eigenvalue weighted by atomic mass is 10.1. The minimum atomic E-state index is -0.644. The van der Waals surface area contributed by atoms with E-state index >= 15 is 0 Å². The van der Waals surface area contributed by atoms with Gasteiger partial charge in [-0.05, 0) is 66.9 Å².